The first-order chi connectivity index (χ1) is 3.80. The molecule has 0 saturated heterocycles. The maximum atomic E-state index is 8.79. The summed E-state index contributed by atoms with van der Waals surface area (Å²) in [4.78, 5) is 0.897. The van der Waals surface area contributed by atoms with Crippen molar-refractivity contribution in [2.45, 2.75) is 5.44 Å². The molecular weight excluding hydrogens is 140 g/mol. The third-order valence-corrected chi connectivity index (χ3v) is 2.18. The molecule has 0 fully saturated rings. The van der Waals surface area contributed by atoms with Crippen molar-refractivity contribution in [1.82, 2.24) is 0 Å². The number of rotatable bonds is 1. The van der Waals surface area contributed by atoms with E-state index in [-0.39, 0.29) is 0 Å². The van der Waals surface area contributed by atoms with Gasteiger partial charge in [-0.1, -0.05) is 6.07 Å². The molecule has 1 unspecified atom stereocenters. The van der Waals surface area contributed by atoms with Gasteiger partial charge in [-0.2, -0.15) is 0 Å². The Balaban J connectivity index is 2.77. The molecule has 1 aromatic heterocycles. The normalized spacial score (nSPS) is 13.8. The van der Waals surface area contributed by atoms with Gasteiger partial charge < -0.3 is 5.11 Å². The van der Waals surface area contributed by atoms with Crippen LogP contribution in [0.4, 0.5) is 0 Å². The fourth-order valence-corrected chi connectivity index (χ4v) is 1.30. The number of thiophene rings is 1. The molecule has 0 aliphatic heterocycles. The number of hydrogen-bond donors (Lipinski definition) is 2. The van der Waals surface area contributed by atoms with E-state index in [9.17, 15) is 0 Å². The molecule has 0 spiro atoms. The Morgan fingerprint density at radius 1 is 1.75 bits per heavy atom. The molecule has 1 N–H and O–H groups in total. The first-order valence-electron chi connectivity index (χ1n) is 2.20. The van der Waals surface area contributed by atoms with Crippen molar-refractivity contribution >= 4 is 24.0 Å². The van der Waals surface area contributed by atoms with Crippen LogP contribution >= 0.6 is 24.0 Å². The first-order valence-corrected chi connectivity index (χ1v) is 3.60. The minimum absolute atomic E-state index is 0.602. The Morgan fingerprint density at radius 3 is 2.75 bits per heavy atom. The second-order valence-electron chi connectivity index (χ2n) is 1.39. The Morgan fingerprint density at radius 2 is 2.50 bits per heavy atom. The van der Waals surface area contributed by atoms with Gasteiger partial charge in [0.2, 0.25) is 0 Å². The molecule has 1 heterocycles. The van der Waals surface area contributed by atoms with Crippen LogP contribution in [0.5, 0.6) is 0 Å². The van der Waals surface area contributed by atoms with Crippen molar-refractivity contribution in [2.24, 2.45) is 0 Å². The standard InChI is InChI=1S/C5H6OS2/c6-5(7)4-2-1-3-8-4/h1-3,5-7H. The SMILES string of the molecule is OC(S)c1cccs1. The fraction of sp³-hybridized carbons (Fsp3) is 0.200. The maximum Gasteiger partial charge on any atom is 0.131 e. The summed E-state index contributed by atoms with van der Waals surface area (Å²) in [6.45, 7) is 0. The second kappa shape index (κ2) is 2.53. The highest BCUT2D eigenvalue weighted by molar-refractivity contribution is 7.80. The smallest absolute Gasteiger partial charge is 0.131 e. The van der Waals surface area contributed by atoms with Gasteiger partial charge in [-0.3, -0.25) is 0 Å². The van der Waals surface area contributed by atoms with E-state index in [0.717, 1.165) is 4.88 Å². The summed E-state index contributed by atoms with van der Waals surface area (Å²) in [7, 11) is 0. The van der Waals surface area contributed by atoms with Crippen LogP contribution in [0.2, 0.25) is 0 Å². The average molecular weight is 146 g/mol. The highest BCUT2D eigenvalue weighted by Gasteiger charge is 1.98. The lowest BCUT2D eigenvalue weighted by Gasteiger charge is -1.94. The molecular formula is C5H6OS2. The Kier molecular flexibility index (Phi) is 1.94. The van der Waals surface area contributed by atoms with E-state index in [1.807, 2.05) is 17.5 Å². The molecule has 0 aliphatic rings. The third kappa shape index (κ3) is 1.24. The van der Waals surface area contributed by atoms with Crippen LogP contribution in [0.15, 0.2) is 17.5 Å². The zero-order chi connectivity index (χ0) is 5.98. The zero-order valence-electron chi connectivity index (χ0n) is 4.11. The van der Waals surface area contributed by atoms with E-state index in [1.54, 1.807) is 0 Å². The molecule has 0 bridgehead atoms. The van der Waals surface area contributed by atoms with Gasteiger partial charge >= 0.3 is 0 Å². The molecule has 0 saturated carbocycles. The van der Waals surface area contributed by atoms with Crippen LogP contribution in [-0.2, 0) is 0 Å². The van der Waals surface area contributed by atoms with Crippen molar-refractivity contribution in [3.63, 3.8) is 0 Å². The van der Waals surface area contributed by atoms with Crippen LogP contribution in [0.1, 0.15) is 10.3 Å². The number of thiol groups is 1. The van der Waals surface area contributed by atoms with Crippen LogP contribution in [0.3, 0.4) is 0 Å². The van der Waals surface area contributed by atoms with E-state index >= 15 is 0 Å². The lowest BCUT2D eigenvalue weighted by Crippen LogP contribution is -1.78. The fourth-order valence-electron chi connectivity index (χ4n) is 0.438. The van der Waals surface area contributed by atoms with Crippen LogP contribution in [-0.4, -0.2) is 5.11 Å². The first kappa shape index (κ1) is 6.13. The maximum absolute atomic E-state index is 8.79. The average Bonchev–Trinajstić information content (AvgIpc) is 2.12. The van der Waals surface area contributed by atoms with Gasteiger partial charge in [0.15, 0.2) is 0 Å². The molecule has 0 radical (unpaired) electrons. The molecule has 1 rings (SSSR count). The summed E-state index contributed by atoms with van der Waals surface area (Å²) >= 11 is 5.32. The molecule has 0 aromatic carbocycles. The van der Waals surface area contributed by atoms with Gasteiger partial charge in [0.05, 0.1) is 0 Å². The van der Waals surface area contributed by atoms with Crippen molar-refractivity contribution in [3.8, 4) is 0 Å². The molecule has 1 aromatic rings. The Hall–Kier alpha value is 0.01000. The number of aliphatic hydroxyl groups excluding tert-OH is 1. The largest absolute Gasteiger partial charge is 0.377 e. The molecule has 8 heavy (non-hydrogen) atoms. The highest BCUT2D eigenvalue weighted by Crippen LogP contribution is 2.20. The lowest BCUT2D eigenvalue weighted by atomic mass is 10.5. The minimum Gasteiger partial charge on any atom is -0.377 e. The summed E-state index contributed by atoms with van der Waals surface area (Å²) < 4.78 is 0. The molecule has 0 aliphatic carbocycles. The molecule has 44 valence electrons. The van der Waals surface area contributed by atoms with Crippen molar-refractivity contribution in [3.05, 3.63) is 22.4 Å². The van der Waals surface area contributed by atoms with E-state index < -0.39 is 5.44 Å². The van der Waals surface area contributed by atoms with Crippen molar-refractivity contribution in [2.75, 3.05) is 0 Å². The van der Waals surface area contributed by atoms with E-state index in [4.69, 9.17) is 5.11 Å². The van der Waals surface area contributed by atoms with Gasteiger partial charge in [0.1, 0.15) is 5.44 Å². The molecule has 3 heteroatoms. The van der Waals surface area contributed by atoms with Gasteiger partial charge in [-0.05, 0) is 11.4 Å². The molecule has 1 nitrogen and oxygen atoms in total. The lowest BCUT2D eigenvalue weighted by molar-refractivity contribution is 0.276. The predicted octanol–water partition coefficient (Wildman–Crippen LogP) is 1.67. The quantitative estimate of drug-likeness (QED) is 0.456. The topological polar surface area (TPSA) is 20.2 Å². The summed E-state index contributed by atoms with van der Waals surface area (Å²) in [6, 6.07) is 3.74. The number of aliphatic hydroxyl groups is 1. The third-order valence-electron chi connectivity index (χ3n) is 0.798. The van der Waals surface area contributed by atoms with Crippen LogP contribution < -0.4 is 0 Å². The molecule has 0 amide bonds. The summed E-state index contributed by atoms with van der Waals surface area (Å²) in [5.74, 6) is 0. The predicted molar refractivity (Wildman–Crippen MR) is 38.3 cm³/mol. The van der Waals surface area contributed by atoms with E-state index in [1.165, 1.54) is 11.3 Å². The van der Waals surface area contributed by atoms with E-state index in [0.29, 0.717) is 0 Å². The molecule has 1 atom stereocenters. The van der Waals surface area contributed by atoms with E-state index in [2.05, 4.69) is 12.6 Å². The van der Waals surface area contributed by atoms with Gasteiger partial charge in [0, 0.05) is 4.88 Å². The Bertz CT molecular complexity index is 145. The van der Waals surface area contributed by atoms with Gasteiger partial charge in [0.25, 0.3) is 0 Å². The second-order valence-corrected chi connectivity index (χ2v) is 2.86. The summed E-state index contributed by atoms with van der Waals surface area (Å²) in [5, 5.41) is 10.7. The van der Waals surface area contributed by atoms with Crippen molar-refractivity contribution < 1.29 is 5.11 Å². The highest BCUT2D eigenvalue weighted by atomic mass is 32.1. The number of hydrogen-bond acceptors (Lipinski definition) is 3. The summed E-state index contributed by atoms with van der Waals surface area (Å²) in [5.41, 5.74) is -0.602. The Labute approximate surface area is 57.4 Å². The van der Waals surface area contributed by atoms with Gasteiger partial charge in [-0.25, -0.2) is 0 Å². The summed E-state index contributed by atoms with van der Waals surface area (Å²) in [6.07, 6.45) is 0. The zero-order valence-corrected chi connectivity index (χ0v) is 5.82. The van der Waals surface area contributed by atoms with Gasteiger partial charge in [-0.15, -0.1) is 24.0 Å². The van der Waals surface area contributed by atoms with Crippen molar-refractivity contribution in [1.29, 1.82) is 0 Å². The van der Waals surface area contributed by atoms with Crippen LogP contribution in [0.25, 0.3) is 0 Å². The minimum atomic E-state index is -0.602. The van der Waals surface area contributed by atoms with Crippen LogP contribution in [0, 0.1) is 0 Å². The monoisotopic (exact) mass is 146 g/mol.